The van der Waals surface area contributed by atoms with Crippen LogP contribution in [0.1, 0.15) is 18.9 Å². The summed E-state index contributed by atoms with van der Waals surface area (Å²) in [7, 11) is 0. The number of rotatable bonds is 6. The van der Waals surface area contributed by atoms with E-state index in [-0.39, 0.29) is 13.0 Å². The highest BCUT2D eigenvalue weighted by molar-refractivity contribution is 5.83. The molecule has 0 aliphatic heterocycles. The lowest BCUT2D eigenvalue weighted by atomic mass is 10.1. The van der Waals surface area contributed by atoms with Gasteiger partial charge in [0.05, 0.1) is 6.42 Å². The van der Waals surface area contributed by atoms with Gasteiger partial charge in [0.1, 0.15) is 11.6 Å². The van der Waals surface area contributed by atoms with Crippen molar-refractivity contribution in [2.75, 3.05) is 6.54 Å². The van der Waals surface area contributed by atoms with E-state index in [4.69, 9.17) is 10.8 Å². The van der Waals surface area contributed by atoms with Crippen LogP contribution in [0.25, 0.3) is 0 Å². The maximum Gasteiger partial charge on any atom is 0.321 e. The van der Waals surface area contributed by atoms with Gasteiger partial charge in [-0.2, -0.15) is 0 Å². The first-order valence-electron chi connectivity index (χ1n) is 6.35. The standard InChI is InChI=1S/C15H18N2O4/c1-15(21,8-7-11-5-3-2-4-6-11)10-17-12(14(19)20)9-13(16)18/h2-6,12,17,21H,9-10H2,1H3,(H2,16,18)(H,19,20)/t12-,15-/m0/s1. The molecule has 112 valence electrons. The summed E-state index contributed by atoms with van der Waals surface area (Å²) in [6.07, 6.45) is -0.350. The van der Waals surface area contributed by atoms with Crippen LogP contribution in [0.15, 0.2) is 30.3 Å². The predicted molar refractivity (Wildman–Crippen MR) is 77.2 cm³/mol. The number of carbonyl (C=O) groups is 2. The third kappa shape index (κ3) is 6.56. The van der Waals surface area contributed by atoms with E-state index in [1.807, 2.05) is 18.2 Å². The van der Waals surface area contributed by atoms with Gasteiger partial charge in [0.15, 0.2) is 0 Å². The Morgan fingerprint density at radius 1 is 1.38 bits per heavy atom. The number of aliphatic carboxylic acids is 1. The van der Waals surface area contributed by atoms with Crippen molar-refractivity contribution in [1.29, 1.82) is 0 Å². The molecule has 0 saturated heterocycles. The van der Waals surface area contributed by atoms with E-state index in [2.05, 4.69) is 17.2 Å². The molecular weight excluding hydrogens is 272 g/mol. The smallest absolute Gasteiger partial charge is 0.321 e. The molecule has 0 spiro atoms. The van der Waals surface area contributed by atoms with E-state index in [0.29, 0.717) is 0 Å². The number of nitrogens with one attached hydrogen (secondary N) is 1. The first-order valence-corrected chi connectivity index (χ1v) is 6.35. The number of primary amides is 1. The Hall–Kier alpha value is -2.36. The van der Waals surface area contributed by atoms with Crippen molar-refractivity contribution in [3.05, 3.63) is 35.9 Å². The third-order valence-electron chi connectivity index (χ3n) is 2.65. The fourth-order valence-corrected chi connectivity index (χ4v) is 1.54. The Kier molecular flexibility index (Phi) is 5.91. The molecule has 6 heteroatoms. The van der Waals surface area contributed by atoms with Gasteiger partial charge in [0.2, 0.25) is 5.91 Å². The largest absolute Gasteiger partial charge is 0.480 e. The first kappa shape index (κ1) is 16.7. The number of hydrogen-bond acceptors (Lipinski definition) is 4. The van der Waals surface area contributed by atoms with Crippen LogP contribution >= 0.6 is 0 Å². The van der Waals surface area contributed by atoms with Crippen molar-refractivity contribution < 1.29 is 19.8 Å². The summed E-state index contributed by atoms with van der Waals surface area (Å²) in [6, 6.07) is 7.95. The Labute approximate surface area is 123 Å². The van der Waals surface area contributed by atoms with Crippen molar-refractivity contribution in [3.63, 3.8) is 0 Å². The number of aliphatic hydroxyl groups is 1. The van der Waals surface area contributed by atoms with Crippen LogP contribution in [-0.4, -0.2) is 40.3 Å². The molecule has 21 heavy (non-hydrogen) atoms. The third-order valence-corrected chi connectivity index (χ3v) is 2.65. The summed E-state index contributed by atoms with van der Waals surface area (Å²) in [5.74, 6) is 3.52. The van der Waals surface area contributed by atoms with Crippen LogP contribution in [-0.2, 0) is 9.59 Å². The highest BCUT2D eigenvalue weighted by Crippen LogP contribution is 2.03. The van der Waals surface area contributed by atoms with Crippen molar-refractivity contribution in [2.24, 2.45) is 5.73 Å². The molecule has 0 bridgehead atoms. The molecule has 0 saturated carbocycles. The van der Waals surface area contributed by atoms with Crippen LogP contribution in [0.3, 0.4) is 0 Å². The number of hydrogen-bond donors (Lipinski definition) is 4. The Morgan fingerprint density at radius 3 is 2.52 bits per heavy atom. The van der Waals surface area contributed by atoms with E-state index in [1.54, 1.807) is 12.1 Å². The van der Waals surface area contributed by atoms with Crippen LogP contribution in [0.5, 0.6) is 0 Å². The van der Waals surface area contributed by atoms with E-state index in [1.165, 1.54) is 6.92 Å². The summed E-state index contributed by atoms with van der Waals surface area (Å²) >= 11 is 0. The van der Waals surface area contributed by atoms with Crippen LogP contribution in [0, 0.1) is 11.8 Å². The van der Waals surface area contributed by atoms with Gasteiger partial charge in [-0.1, -0.05) is 30.0 Å². The molecule has 5 N–H and O–H groups in total. The predicted octanol–water partition coefficient (Wildman–Crippen LogP) is -0.293. The molecule has 0 fully saturated rings. The minimum Gasteiger partial charge on any atom is -0.480 e. The Morgan fingerprint density at radius 2 is 2.00 bits per heavy atom. The van der Waals surface area contributed by atoms with Crippen molar-refractivity contribution in [2.45, 2.75) is 25.0 Å². The van der Waals surface area contributed by atoms with Crippen molar-refractivity contribution >= 4 is 11.9 Å². The second kappa shape index (κ2) is 7.43. The summed E-state index contributed by atoms with van der Waals surface area (Å²) in [5.41, 5.74) is 4.28. The van der Waals surface area contributed by atoms with Crippen LogP contribution in [0.4, 0.5) is 0 Å². The van der Waals surface area contributed by atoms with Gasteiger partial charge in [0.25, 0.3) is 0 Å². The highest BCUT2D eigenvalue weighted by atomic mass is 16.4. The van der Waals surface area contributed by atoms with E-state index < -0.39 is 23.5 Å². The quantitative estimate of drug-likeness (QED) is 0.538. The molecule has 0 aliphatic carbocycles. The SMILES string of the molecule is C[C@](O)(C#Cc1ccccc1)CN[C@@H](CC(N)=O)C(=O)O. The number of carboxylic acid groups (broad SMARTS) is 1. The fourth-order valence-electron chi connectivity index (χ4n) is 1.54. The first-order chi connectivity index (χ1) is 9.80. The number of carbonyl (C=O) groups excluding carboxylic acids is 1. The molecule has 0 heterocycles. The Balaban J connectivity index is 2.65. The zero-order valence-electron chi connectivity index (χ0n) is 11.7. The van der Waals surface area contributed by atoms with Crippen LogP contribution in [0.2, 0.25) is 0 Å². The van der Waals surface area contributed by atoms with Gasteiger partial charge in [-0.05, 0) is 19.1 Å². The Bertz CT molecular complexity index is 558. The molecule has 0 aliphatic rings. The second-order valence-corrected chi connectivity index (χ2v) is 4.83. The lowest BCUT2D eigenvalue weighted by Gasteiger charge is -2.20. The maximum atomic E-state index is 10.9. The van der Waals surface area contributed by atoms with Crippen molar-refractivity contribution in [3.8, 4) is 11.8 Å². The number of nitrogens with two attached hydrogens (primary N) is 1. The lowest BCUT2D eigenvalue weighted by Crippen LogP contribution is -2.46. The number of benzene rings is 1. The van der Waals surface area contributed by atoms with Crippen LogP contribution < -0.4 is 11.1 Å². The minimum absolute atomic E-state index is 0.100. The van der Waals surface area contributed by atoms with Gasteiger partial charge < -0.3 is 21.3 Å². The zero-order chi connectivity index (χ0) is 15.9. The molecular formula is C15H18N2O4. The van der Waals surface area contributed by atoms with Gasteiger partial charge in [-0.15, -0.1) is 0 Å². The summed E-state index contributed by atoms with van der Waals surface area (Å²) in [4.78, 5) is 21.7. The molecule has 6 nitrogen and oxygen atoms in total. The normalized spacial score (nSPS) is 14.4. The van der Waals surface area contributed by atoms with Gasteiger partial charge in [-0.3, -0.25) is 9.59 Å². The van der Waals surface area contributed by atoms with E-state index in [9.17, 15) is 14.7 Å². The lowest BCUT2D eigenvalue weighted by molar-refractivity contribution is -0.141. The van der Waals surface area contributed by atoms with E-state index in [0.717, 1.165) is 5.56 Å². The van der Waals surface area contributed by atoms with E-state index >= 15 is 0 Å². The monoisotopic (exact) mass is 290 g/mol. The molecule has 2 atom stereocenters. The fraction of sp³-hybridized carbons (Fsp3) is 0.333. The molecule has 1 amide bonds. The molecule has 1 aromatic carbocycles. The molecule has 0 radical (unpaired) electrons. The summed E-state index contributed by atoms with van der Waals surface area (Å²) in [5, 5.41) is 21.6. The zero-order valence-corrected chi connectivity index (χ0v) is 11.7. The molecule has 0 unspecified atom stereocenters. The summed E-state index contributed by atoms with van der Waals surface area (Å²) < 4.78 is 0. The van der Waals surface area contributed by atoms with Gasteiger partial charge >= 0.3 is 5.97 Å². The molecule has 0 aromatic heterocycles. The van der Waals surface area contributed by atoms with Gasteiger partial charge in [-0.25, -0.2) is 0 Å². The maximum absolute atomic E-state index is 10.9. The molecule has 1 aromatic rings. The topological polar surface area (TPSA) is 113 Å². The van der Waals surface area contributed by atoms with Crippen molar-refractivity contribution in [1.82, 2.24) is 5.32 Å². The number of amides is 1. The van der Waals surface area contributed by atoms with Gasteiger partial charge in [0, 0.05) is 12.1 Å². The summed E-state index contributed by atoms with van der Waals surface area (Å²) in [6.45, 7) is 1.36. The highest BCUT2D eigenvalue weighted by Gasteiger charge is 2.24. The molecule has 1 rings (SSSR count). The second-order valence-electron chi connectivity index (χ2n) is 4.83. The average Bonchev–Trinajstić information content (AvgIpc) is 2.42. The number of carboxylic acids is 1. The average molecular weight is 290 g/mol. The minimum atomic E-state index is -1.43.